The van der Waals surface area contributed by atoms with Crippen LogP contribution in [0.4, 0.5) is 5.13 Å². The molecule has 162 valence electrons. The van der Waals surface area contributed by atoms with Crippen molar-refractivity contribution >= 4 is 28.5 Å². The van der Waals surface area contributed by atoms with Crippen LogP contribution in [0.2, 0.25) is 0 Å². The summed E-state index contributed by atoms with van der Waals surface area (Å²) in [5, 5.41) is 5.25. The summed E-state index contributed by atoms with van der Waals surface area (Å²) in [6.07, 6.45) is 3.25. The van der Waals surface area contributed by atoms with Crippen LogP contribution in [0.15, 0.2) is 53.9 Å². The van der Waals surface area contributed by atoms with Gasteiger partial charge in [-0.2, -0.15) is 0 Å². The lowest BCUT2D eigenvalue weighted by atomic mass is 10.2. The lowest BCUT2D eigenvalue weighted by Crippen LogP contribution is -2.08. The maximum absolute atomic E-state index is 12.3. The van der Waals surface area contributed by atoms with E-state index in [1.54, 1.807) is 13.2 Å². The van der Waals surface area contributed by atoms with Crippen LogP contribution in [-0.4, -0.2) is 30.7 Å². The number of nitrogens with one attached hydrogen (secondary N) is 1. The maximum atomic E-state index is 12.3. The topological polar surface area (TPSA) is 69.7 Å². The number of anilines is 1. The second-order valence-electron chi connectivity index (χ2n) is 6.89. The van der Waals surface area contributed by atoms with Gasteiger partial charge in [-0.1, -0.05) is 6.07 Å². The predicted molar refractivity (Wildman–Crippen MR) is 125 cm³/mol. The van der Waals surface area contributed by atoms with Crippen molar-refractivity contribution in [2.75, 3.05) is 19.0 Å². The van der Waals surface area contributed by atoms with Crippen LogP contribution >= 0.6 is 11.3 Å². The molecule has 0 radical (unpaired) electrons. The minimum absolute atomic E-state index is 0.0486. The molecule has 0 atom stereocenters. The number of amides is 1. The molecule has 7 heteroatoms. The molecule has 0 unspecified atom stereocenters. The lowest BCUT2D eigenvalue weighted by Gasteiger charge is -2.14. The lowest BCUT2D eigenvalue weighted by molar-refractivity contribution is -0.111. The fraction of sp³-hybridized carbons (Fsp3) is 0.250. The molecular formula is C24H26N2O4S. The third-order valence-corrected chi connectivity index (χ3v) is 4.94. The van der Waals surface area contributed by atoms with Crippen molar-refractivity contribution in [3.05, 3.63) is 59.5 Å². The minimum atomic E-state index is -0.254. The van der Waals surface area contributed by atoms with Crippen LogP contribution in [0.25, 0.3) is 17.3 Å². The largest absolute Gasteiger partial charge is 0.497 e. The molecule has 1 aromatic heterocycles. The molecule has 0 spiro atoms. The highest BCUT2D eigenvalue weighted by Crippen LogP contribution is 2.30. The van der Waals surface area contributed by atoms with E-state index in [0.29, 0.717) is 23.2 Å². The zero-order chi connectivity index (χ0) is 22.2. The van der Waals surface area contributed by atoms with Crippen LogP contribution in [0.3, 0.4) is 0 Å². The van der Waals surface area contributed by atoms with E-state index in [0.717, 1.165) is 22.6 Å². The Kier molecular flexibility index (Phi) is 7.67. The number of aromatic nitrogens is 1. The summed E-state index contributed by atoms with van der Waals surface area (Å²) >= 11 is 1.38. The fourth-order valence-electron chi connectivity index (χ4n) is 2.79. The Morgan fingerprint density at radius 1 is 1.16 bits per heavy atom. The molecule has 0 aliphatic carbocycles. The van der Waals surface area contributed by atoms with E-state index in [1.165, 1.54) is 17.4 Å². The van der Waals surface area contributed by atoms with Gasteiger partial charge in [-0.3, -0.25) is 10.1 Å². The van der Waals surface area contributed by atoms with Gasteiger partial charge < -0.3 is 14.2 Å². The average molecular weight is 439 g/mol. The molecule has 0 saturated heterocycles. The predicted octanol–water partition coefficient (Wildman–Crippen LogP) is 5.66. The summed E-state index contributed by atoms with van der Waals surface area (Å²) in [7, 11) is 1.63. The van der Waals surface area contributed by atoms with E-state index in [1.807, 2.05) is 68.6 Å². The van der Waals surface area contributed by atoms with E-state index < -0.39 is 0 Å². The van der Waals surface area contributed by atoms with Crippen LogP contribution in [0.1, 0.15) is 26.3 Å². The van der Waals surface area contributed by atoms with Gasteiger partial charge >= 0.3 is 0 Å². The molecule has 0 aliphatic rings. The van der Waals surface area contributed by atoms with Crippen LogP contribution in [0.5, 0.6) is 17.2 Å². The maximum Gasteiger partial charge on any atom is 0.250 e. The number of benzene rings is 2. The first-order valence-corrected chi connectivity index (χ1v) is 10.9. The van der Waals surface area contributed by atoms with Crippen LogP contribution in [-0.2, 0) is 4.79 Å². The van der Waals surface area contributed by atoms with Gasteiger partial charge in [0, 0.05) is 17.0 Å². The Morgan fingerprint density at radius 3 is 2.61 bits per heavy atom. The van der Waals surface area contributed by atoms with Gasteiger partial charge in [0.25, 0.3) is 0 Å². The average Bonchev–Trinajstić information content (AvgIpc) is 3.22. The molecule has 0 fully saturated rings. The summed E-state index contributed by atoms with van der Waals surface area (Å²) in [6.45, 7) is 6.38. The summed E-state index contributed by atoms with van der Waals surface area (Å²) in [4.78, 5) is 16.8. The molecule has 6 nitrogen and oxygen atoms in total. The number of nitrogens with zero attached hydrogens (tertiary/aromatic N) is 1. The van der Waals surface area contributed by atoms with Crippen molar-refractivity contribution in [2.24, 2.45) is 0 Å². The van der Waals surface area contributed by atoms with E-state index >= 15 is 0 Å². The quantitative estimate of drug-likeness (QED) is 0.437. The highest BCUT2D eigenvalue weighted by atomic mass is 32.1. The molecule has 0 aliphatic heterocycles. The third-order valence-electron chi connectivity index (χ3n) is 4.18. The normalized spacial score (nSPS) is 11.0. The first-order chi connectivity index (χ1) is 15.0. The van der Waals surface area contributed by atoms with Crippen molar-refractivity contribution in [1.29, 1.82) is 0 Å². The summed E-state index contributed by atoms with van der Waals surface area (Å²) in [5.74, 6) is 1.88. The smallest absolute Gasteiger partial charge is 0.250 e. The first-order valence-electron chi connectivity index (χ1n) is 10.0. The molecule has 2 aromatic carbocycles. The summed E-state index contributed by atoms with van der Waals surface area (Å²) in [6, 6.07) is 13.2. The molecule has 1 N–H and O–H groups in total. The number of carbonyl (C=O) groups is 1. The van der Waals surface area contributed by atoms with Crippen LogP contribution < -0.4 is 19.5 Å². The third kappa shape index (κ3) is 6.33. The summed E-state index contributed by atoms with van der Waals surface area (Å²) in [5.41, 5.74) is 2.60. The van der Waals surface area contributed by atoms with E-state index in [2.05, 4.69) is 10.3 Å². The molecule has 0 saturated carbocycles. The monoisotopic (exact) mass is 438 g/mol. The molecule has 31 heavy (non-hydrogen) atoms. The number of ether oxygens (including phenoxy) is 3. The second-order valence-corrected chi connectivity index (χ2v) is 7.75. The first kappa shape index (κ1) is 22.4. The number of methoxy groups -OCH3 is 1. The number of carbonyl (C=O) groups excluding carboxylic acids is 1. The standard InChI is InChI=1S/C24H26N2O4S/c1-5-29-22-14-17(6-12-21(22)30-16(2)3)7-13-23(27)26-24-25-20(15-31-24)18-8-10-19(28-4)11-9-18/h6-16H,5H2,1-4H3,(H,25,26,27)/b13-7+. The van der Waals surface area contributed by atoms with Gasteiger partial charge in [0.2, 0.25) is 5.91 Å². The van der Waals surface area contributed by atoms with Gasteiger partial charge in [-0.05, 0) is 68.8 Å². The van der Waals surface area contributed by atoms with E-state index in [9.17, 15) is 4.79 Å². The zero-order valence-electron chi connectivity index (χ0n) is 18.0. The Bertz CT molecular complexity index is 1040. The van der Waals surface area contributed by atoms with Crippen molar-refractivity contribution in [3.63, 3.8) is 0 Å². The molecule has 3 aromatic rings. The molecule has 1 heterocycles. The van der Waals surface area contributed by atoms with Gasteiger partial charge in [-0.15, -0.1) is 11.3 Å². The molecular weight excluding hydrogens is 412 g/mol. The van der Waals surface area contributed by atoms with E-state index in [-0.39, 0.29) is 12.0 Å². The SMILES string of the molecule is CCOc1cc(/C=C/C(=O)Nc2nc(-c3ccc(OC)cc3)cs2)ccc1OC(C)C. The minimum Gasteiger partial charge on any atom is -0.497 e. The number of hydrogen-bond donors (Lipinski definition) is 1. The van der Waals surface area contributed by atoms with Crippen molar-refractivity contribution in [3.8, 4) is 28.5 Å². The second kappa shape index (κ2) is 10.6. The Balaban J connectivity index is 1.65. The molecule has 0 bridgehead atoms. The van der Waals surface area contributed by atoms with Crippen molar-refractivity contribution in [2.45, 2.75) is 26.9 Å². The zero-order valence-corrected chi connectivity index (χ0v) is 18.9. The Labute approximate surface area is 186 Å². The summed E-state index contributed by atoms with van der Waals surface area (Å²) < 4.78 is 16.6. The van der Waals surface area contributed by atoms with Gasteiger partial charge in [0.15, 0.2) is 16.6 Å². The van der Waals surface area contributed by atoms with Crippen molar-refractivity contribution in [1.82, 2.24) is 4.98 Å². The number of rotatable bonds is 9. The van der Waals surface area contributed by atoms with Crippen molar-refractivity contribution < 1.29 is 19.0 Å². The molecule has 1 amide bonds. The van der Waals surface area contributed by atoms with Gasteiger partial charge in [0.1, 0.15) is 5.75 Å². The fourth-order valence-corrected chi connectivity index (χ4v) is 3.52. The van der Waals surface area contributed by atoms with Gasteiger partial charge in [-0.25, -0.2) is 4.98 Å². The molecule has 3 rings (SSSR count). The van der Waals surface area contributed by atoms with Crippen LogP contribution in [0, 0.1) is 0 Å². The highest BCUT2D eigenvalue weighted by molar-refractivity contribution is 7.14. The highest BCUT2D eigenvalue weighted by Gasteiger charge is 2.09. The van der Waals surface area contributed by atoms with E-state index in [4.69, 9.17) is 14.2 Å². The number of hydrogen-bond acceptors (Lipinski definition) is 6. The number of thiazole rings is 1. The Morgan fingerprint density at radius 2 is 1.94 bits per heavy atom. The Hall–Kier alpha value is -3.32. The van der Waals surface area contributed by atoms with Gasteiger partial charge in [0.05, 0.1) is 25.5 Å².